The van der Waals surface area contributed by atoms with Crippen molar-refractivity contribution in [2.75, 3.05) is 11.1 Å². The lowest BCUT2D eigenvalue weighted by Crippen LogP contribution is -2.00. The summed E-state index contributed by atoms with van der Waals surface area (Å²) in [6.07, 6.45) is 0. The fourth-order valence-corrected chi connectivity index (χ4v) is 2.02. The summed E-state index contributed by atoms with van der Waals surface area (Å²) in [5.41, 5.74) is 7.69. The predicted molar refractivity (Wildman–Crippen MR) is 78.6 cm³/mol. The first kappa shape index (κ1) is 12.4. The van der Waals surface area contributed by atoms with Crippen molar-refractivity contribution in [1.29, 1.82) is 0 Å². The lowest BCUT2D eigenvalue weighted by Gasteiger charge is -2.07. The van der Waals surface area contributed by atoms with Crippen molar-refractivity contribution in [2.45, 2.75) is 6.92 Å². The smallest absolute Gasteiger partial charge is 0.223 e. The first-order valence-corrected chi connectivity index (χ1v) is 6.33. The highest BCUT2D eigenvalue weighted by molar-refractivity contribution is 14.1. The number of aryl methyl sites for hydroxylation is 1. The van der Waals surface area contributed by atoms with Crippen LogP contribution in [0.1, 0.15) is 5.56 Å². The van der Waals surface area contributed by atoms with E-state index in [0.29, 0.717) is 11.0 Å². The second-order valence-electron chi connectivity index (χ2n) is 3.52. The van der Waals surface area contributed by atoms with Crippen molar-refractivity contribution in [1.82, 2.24) is 9.97 Å². The van der Waals surface area contributed by atoms with Crippen molar-refractivity contribution >= 4 is 51.6 Å². The van der Waals surface area contributed by atoms with Crippen LogP contribution in [0.4, 0.5) is 17.5 Å². The van der Waals surface area contributed by atoms with Crippen LogP contribution in [0.25, 0.3) is 0 Å². The van der Waals surface area contributed by atoms with Crippen molar-refractivity contribution in [2.24, 2.45) is 0 Å². The molecular formula is C11H10ClIN4. The van der Waals surface area contributed by atoms with E-state index in [4.69, 9.17) is 17.3 Å². The van der Waals surface area contributed by atoms with E-state index in [2.05, 4.69) is 44.8 Å². The molecule has 2 aromatic rings. The number of nitrogens with two attached hydrogens (primary N) is 1. The molecule has 2 rings (SSSR count). The highest BCUT2D eigenvalue weighted by atomic mass is 127. The first-order chi connectivity index (χ1) is 8.04. The third kappa shape index (κ3) is 3.19. The van der Waals surface area contributed by atoms with Crippen LogP contribution in [0.5, 0.6) is 0 Å². The predicted octanol–water partition coefficient (Wildman–Crippen LogP) is 3.37. The van der Waals surface area contributed by atoms with E-state index in [0.717, 1.165) is 5.69 Å². The minimum absolute atomic E-state index is 0.154. The number of nitrogen functional groups attached to an aromatic ring is 1. The third-order valence-corrected chi connectivity index (χ3v) is 3.51. The zero-order chi connectivity index (χ0) is 12.4. The van der Waals surface area contributed by atoms with Crippen LogP contribution >= 0.6 is 34.2 Å². The quantitative estimate of drug-likeness (QED) is 0.637. The maximum absolute atomic E-state index is 5.80. The lowest BCUT2D eigenvalue weighted by atomic mass is 10.2. The van der Waals surface area contributed by atoms with Gasteiger partial charge in [-0.15, -0.1) is 0 Å². The van der Waals surface area contributed by atoms with E-state index in [9.17, 15) is 0 Å². The number of anilines is 3. The van der Waals surface area contributed by atoms with E-state index < -0.39 is 0 Å². The first-order valence-electron chi connectivity index (χ1n) is 4.88. The SMILES string of the molecule is Cc1ccc(Nc2cc(Cl)nc(N)n2)cc1I. The van der Waals surface area contributed by atoms with E-state index >= 15 is 0 Å². The van der Waals surface area contributed by atoms with Gasteiger partial charge in [-0.3, -0.25) is 0 Å². The summed E-state index contributed by atoms with van der Waals surface area (Å²) >= 11 is 8.08. The van der Waals surface area contributed by atoms with Gasteiger partial charge in [-0.1, -0.05) is 17.7 Å². The summed E-state index contributed by atoms with van der Waals surface area (Å²) in [4.78, 5) is 7.85. The van der Waals surface area contributed by atoms with Crippen LogP contribution in [0, 0.1) is 10.5 Å². The normalized spacial score (nSPS) is 10.3. The fourth-order valence-electron chi connectivity index (χ4n) is 1.32. The highest BCUT2D eigenvalue weighted by Crippen LogP contribution is 2.21. The van der Waals surface area contributed by atoms with Crippen molar-refractivity contribution in [3.8, 4) is 0 Å². The molecule has 0 unspecified atom stereocenters. The monoisotopic (exact) mass is 360 g/mol. The molecule has 0 aliphatic heterocycles. The largest absolute Gasteiger partial charge is 0.368 e. The number of rotatable bonds is 2. The fraction of sp³-hybridized carbons (Fsp3) is 0.0909. The van der Waals surface area contributed by atoms with Crippen LogP contribution in [-0.2, 0) is 0 Å². The Bertz CT molecular complexity index is 539. The summed E-state index contributed by atoms with van der Waals surface area (Å²) < 4.78 is 1.18. The zero-order valence-corrected chi connectivity index (χ0v) is 12.0. The molecule has 0 bridgehead atoms. The Morgan fingerprint density at radius 2 is 2.06 bits per heavy atom. The molecule has 6 heteroatoms. The Kier molecular flexibility index (Phi) is 3.68. The van der Waals surface area contributed by atoms with Gasteiger partial charge in [0.25, 0.3) is 0 Å². The molecule has 88 valence electrons. The second kappa shape index (κ2) is 5.05. The van der Waals surface area contributed by atoms with Gasteiger partial charge in [-0.25, -0.2) is 4.98 Å². The zero-order valence-electron chi connectivity index (χ0n) is 9.04. The Labute approximate surface area is 118 Å². The van der Waals surface area contributed by atoms with Gasteiger partial charge in [0, 0.05) is 15.3 Å². The average molecular weight is 361 g/mol. The van der Waals surface area contributed by atoms with Crippen LogP contribution in [0.15, 0.2) is 24.3 Å². The Morgan fingerprint density at radius 1 is 1.29 bits per heavy atom. The van der Waals surface area contributed by atoms with Crippen LogP contribution < -0.4 is 11.1 Å². The maximum atomic E-state index is 5.80. The van der Waals surface area contributed by atoms with E-state index in [1.54, 1.807) is 6.07 Å². The molecule has 1 heterocycles. The molecule has 0 spiro atoms. The van der Waals surface area contributed by atoms with Crippen LogP contribution in [0.2, 0.25) is 5.15 Å². The molecule has 0 saturated carbocycles. The number of nitrogens with zero attached hydrogens (tertiary/aromatic N) is 2. The molecule has 0 aliphatic carbocycles. The minimum Gasteiger partial charge on any atom is -0.368 e. The van der Waals surface area contributed by atoms with Crippen molar-refractivity contribution in [3.63, 3.8) is 0 Å². The molecule has 1 aromatic heterocycles. The number of halogens is 2. The summed E-state index contributed by atoms with van der Waals surface area (Å²) in [6, 6.07) is 7.67. The Hall–Kier alpha value is -1.08. The van der Waals surface area contributed by atoms with Gasteiger partial charge in [0.2, 0.25) is 5.95 Å². The Balaban J connectivity index is 2.28. The molecule has 4 nitrogen and oxygen atoms in total. The summed E-state index contributed by atoms with van der Waals surface area (Å²) in [6.45, 7) is 2.06. The van der Waals surface area contributed by atoms with Crippen molar-refractivity contribution in [3.05, 3.63) is 38.6 Å². The molecule has 0 aliphatic rings. The van der Waals surface area contributed by atoms with E-state index in [1.807, 2.05) is 18.2 Å². The van der Waals surface area contributed by atoms with E-state index in [-0.39, 0.29) is 5.95 Å². The van der Waals surface area contributed by atoms with E-state index in [1.165, 1.54) is 9.13 Å². The number of nitrogens with one attached hydrogen (secondary N) is 1. The molecule has 0 saturated heterocycles. The standard InChI is InChI=1S/C11H10ClIN4/c1-6-2-3-7(4-8(6)13)15-10-5-9(12)16-11(14)17-10/h2-5H,1H3,(H3,14,15,16,17). The van der Waals surface area contributed by atoms with Gasteiger partial charge in [-0.2, -0.15) is 4.98 Å². The number of hydrogen-bond acceptors (Lipinski definition) is 4. The average Bonchev–Trinajstić information content (AvgIpc) is 2.22. The molecule has 0 atom stereocenters. The number of benzene rings is 1. The molecule has 17 heavy (non-hydrogen) atoms. The van der Waals surface area contributed by atoms with Crippen LogP contribution in [-0.4, -0.2) is 9.97 Å². The van der Waals surface area contributed by atoms with Gasteiger partial charge in [0.1, 0.15) is 11.0 Å². The topological polar surface area (TPSA) is 63.8 Å². The molecule has 3 N–H and O–H groups in total. The summed E-state index contributed by atoms with van der Waals surface area (Å²) in [5, 5.41) is 3.45. The Morgan fingerprint density at radius 3 is 2.71 bits per heavy atom. The number of hydrogen-bond donors (Lipinski definition) is 2. The highest BCUT2D eigenvalue weighted by Gasteiger charge is 2.02. The molecular weight excluding hydrogens is 351 g/mol. The number of aromatic nitrogens is 2. The van der Waals surface area contributed by atoms with Gasteiger partial charge < -0.3 is 11.1 Å². The maximum Gasteiger partial charge on any atom is 0.223 e. The molecule has 0 fully saturated rings. The minimum atomic E-state index is 0.154. The lowest BCUT2D eigenvalue weighted by molar-refractivity contribution is 1.18. The van der Waals surface area contributed by atoms with Gasteiger partial charge >= 0.3 is 0 Å². The van der Waals surface area contributed by atoms with Crippen molar-refractivity contribution < 1.29 is 0 Å². The summed E-state index contributed by atoms with van der Waals surface area (Å²) in [5.74, 6) is 0.740. The molecule has 0 radical (unpaired) electrons. The third-order valence-electron chi connectivity index (χ3n) is 2.16. The van der Waals surface area contributed by atoms with Gasteiger partial charge in [0.05, 0.1) is 0 Å². The van der Waals surface area contributed by atoms with Crippen LogP contribution in [0.3, 0.4) is 0 Å². The second-order valence-corrected chi connectivity index (χ2v) is 5.07. The molecule has 1 aromatic carbocycles. The summed E-state index contributed by atoms with van der Waals surface area (Å²) in [7, 11) is 0. The molecule has 0 amide bonds. The van der Waals surface area contributed by atoms with Gasteiger partial charge in [-0.05, 0) is 47.2 Å². The van der Waals surface area contributed by atoms with Gasteiger partial charge in [0.15, 0.2) is 0 Å².